The van der Waals surface area contributed by atoms with E-state index >= 15 is 0 Å². The van der Waals surface area contributed by atoms with Crippen molar-refractivity contribution in [2.45, 2.75) is 25.7 Å². The van der Waals surface area contributed by atoms with Crippen LogP contribution in [0.4, 0.5) is 8.78 Å². The molecule has 1 aromatic carbocycles. The van der Waals surface area contributed by atoms with Crippen molar-refractivity contribution in [1.29, 1.82) is 0 Å². The lowest BCUT2D eigenvalue weighted by molar-refractivity contribution is -0.137. The van der Waals surface area contributed by atoms with Crippen molar-refractivity contribution in [2.24, 2.45) is 0 Å². The minimum Gasteiger partial charge on any atom is -0.481 e. The third kappa shape index (κ3) is 3.59. The van der Waals surface area contributed by atoms with Crippen molar-refractivity contribution in [1.82, 2.24) is 15.0 Å². The van der Waals surface area contributed by atoms with Gasteiger partial charge < -0.3 is 5.11 Å². The Morgan fingerprint density at radius 3 is 2.80 bits per heavy atom. The zero-order valence-electron chi connectivity index (χ0n) is 10.6. The Balaban J connectivity index is 1.99. The van der Waals surface area contributed by atoms with Gasteiger partial charge in [-0.25, -0.2) is 13.5 Å². The largest absolute Gasteiger partial charge is 0.481 e. The highest BCUT2D eigenvalue weighted by molar-refractivity contribution is 5.66. The Bertz CT molecular complexity index is 613. The number of hydrogen-bond acceptors (Lipinski definition) is 3. The van der Waals surface area contributed by atoms with Crippen LogP contribution in [0.15, 0.2) is 24.4 Å². The molecule has 0 spiro atoms. The molecule has 0 aliphatic carbocycles. The van der Waals surface area contributed by atoms with Gasteiger partial charge in [-0.1, -0.05) is 5.21 Å². The lowest BCUT2D eigenvalue weighted by Crippen LogP contribution is -1.99. The quantitative estimate of drug-likeness (QED) is 0.825. The van der Waals surface area contributed by atoms with Crippen LogP contribution in [0.3, 0.4) is 0 Å². The monoisotopic (exact) mass is 281 g/mol. The fourth-order valence-electron chi connectivity index (χ4n) is 1.78. The first kappa shape index (κ1) is 14.1. The average molecular weight is 281 g/mol. The summed E-state index contributed by atoms with van der Waals surface area (Å²) < 4.78 is 27.6. The third-order valence-electron chi connectivity index (χ3n) is 2.77. The first-order chi connectivity index (χ1) is 9.56. The van der Waals surface area contributed by atoms with Gasteiger partial charge in [0.2, 0.25) is 0 Å². The Kier molecular flexibility index (Phi) is 4.39. The van der Waals surface area contributed by atoms with Crippen molar-refractivity contribution < 1.29 is 18.7 Å². The molecule has 0 atom stereocenters. The van der Waals surface area contributed by atoms with Gasteiger partial charge in [-0.15, -0.1) is 5.10 Å². The van der Waals surface area contributed by atoms with Crippen molar-refractivity contribution in [3.8, 4) is 5.69 Å². The number of carboxylic acid groups (broad SMARTS) is 1. The summed E-state index contributed by atoms with van der Waals surface area (Å²) in [5.74, 6) is -2.20. The maximum atomic E-state index is 13.5. The van der Waals surface area contributed by atoms with Crippen LogP contribution in [0.5, 0.6) is 0 Å². The number of aryl methyl sites for hydroxylation is 1. The van der Waals surface area contributed by atoms with Gasteiger partial charge in [0, 0.05) is 12.5 Å². The molecule has 2 rings (SSSR count). The van der Waals surface area contributed by atoms with Crippen LogP contribution in [0.2, 0.25) is 0 Å². The number of carbonyl (C=O) groups is 1. The summed E-state index contributed by atoms with van der Waals surface area (Å²) in [6.45, 7) is 0. The molecule has 1 N–H and O–H groups in total. The molecule has 1 heterocycles. The van der Waals surface area contributed by atoms with E-state index in [-0.39, 0.29) is 12.1 Å². The summed E-state index contributed by atoms with van der Waals surface area (Å²) in [4.78, 5) is 10.4. The predicted molar refractivity (Wildman–Crippen MR) is 66.5 cm³/mol. The van der Waals surface area contributed by atoms with Gasteiger partial charge in [-0.3, -0.25) is 4.79 Å². The summed E-state index contributed by atoms with van der Waals surface area (Å²) in [5, 5.41) is 16.2. The second kappa shape index (κ2) is 6.23. The SMILES string of the molecule is O=C(O)CCCCc1cn(-c2ccc(F)cc2F)nn1. The number of aromatic nitrogens is 3. The molecule has 0 bridgehead atoms. The van der Waals surface area contributed by atoms with Gasteiger partial charge in [0.1, 0.15) is 11.5 Å². The van der Waals surface area contributed by atoms with Crippen LogP contribution in [-0.4, -0.2) is 26.1 Å². The van der Waals surface area contributed by atoms with Crippen LogP contribution in [0.1, 0.15) is 25.0 Å². The predicted octanol–water partition coefficient (Wildman–Crippen LogP) is 2.34. The van der Waals surface area contributed by atoms with E-state index in [9.17, 15) is 13.6 Å². The summed E-state index contributed by atoms with van der Waals surface area (Å²) in [7, 11) is 0. The van der Waals surface area contributed by atoms with E-state index in [1.807, 2.05) is 0 Å². The molecule has 5 nitrogen and oxygen atoms in total. The Morgan fingerprint density at radius 2 is 2.10 bits per heavy atom. The number of benzene rings is 1. The number of carboxylic acids is 1. The molecule has 2 aromatic rings. The van der Waals surface area contributed by atoms with Crippen molar-refractivity contribution in [2.75, 3.05) is 0 Å². The minimum absolute atomic E-state index is 0.112. The molecule has 0 radical (unpaired) electrons. The molecule has 1 aromatic heterocycles. The van der Waals surface area contributed by atoms with E-state index in [0.717, 1.165) is 12.1 Å². The smallest absolute Gasteiger partial charge is 0.303 e. The van der Waals surface area contributed by atoms with Gasteiger partial charge in [-0.2, -0.15) is 0 Å². The van der Waals surface area contributed by atoms with E-state index in [4.69, 9.17) is 5.11 Å². The Morgan fingerprint density at radius 1 is 1.30 bits per heavy atom. The number of nitrogens with zero attached hydrogens (tertiary/aromatic N) is 3. The molecule has 0 fully saturated rings. The van der Waals surface area contributed by atoms with Crippen LogP contribution in [0.25, 0.3) is 5.69 Å². The first-order valence-corrected chi connectivity index (χ1v) is 6.14. The van der Waals surface area contributed by atoms with E-state index in [1.54, 1.807) is 6.20 Å². The molecule has 0 amide bonds. The van der Waals surface area contributed by atoms with E-state index in [1.165, 1.54) is 10.7 Å². The Labute approximate surface area is 113 Å². The standard InChI is InChI=1S/C13H13F2N3O2/c14-9-5-6-12(11(15)7-9)18-8-10(16-17-18)3-1-2-4-13(19)20/h5-8H,1-4H2,(H,19,20). The number of halogens is 2. The molecular formula is C13H13F2N3O2. The minimum atomic E-state index is -0.831. The molecule has 7 heteroatoms. The summed E-state index contributed by atoms with van der Waals surface area (Å²) >= 11 is 0. The average Bonchev–Trinajstić information content (AvgIpc) is 2.83. The zero-order chi connectivity index (χ0) is 14.5. The highest BCUT2D eigenvalue weighted by Gasteiger charge is 2.09. The van der Waals surface area contributed by atoms with Crippen molar-refractivity contribution in [3.63, 3.8) is 0 Å². The lowest BCUT2D eigenvalue weighted by Gasteiger charge is -2.01. The molecule has 0 aliphatic heterocycles. The maximum Gasteiger partial charge on any atom is 0.303 e. The maximum absolute atomic E-state index is 13.5. The van der Waals surface area contributed by atoms with Gasteiger partial charge in [-0.05, 0) is 31.4 Å². The van der Waals surface area contributed by atoms with Crippen LogP contribution in [-0.2, 0) is 11.2 Å². The zero-order valence-corrected chi connectivity index (χ0v) is 10.6. The van der Waals surface area contributed by atoms with Crippen molar-refractivity contribution in [3.05, 3.63) is 41.7 Å². The fourth-order valence-corrected chi connectivity index (χ4v) is 1.78. The number of hydrogen-bond donors (Lipinski definition) is 1. The number of unbranched alkanes of at least 4 members (excludes halogenated alkanes) is 1. The van der Waals surface area contributed by atoms with E-state index in [0.29, 0.717) is 25.0 Å². The van der Waals surface area contributed by atoms with Crippen LogP contribution < -0.4 is 0 Å². The fraction of sp³-hybridized carbons (Fsp3) is 0.308. The highest BCUT2D eigenvalue weighted by atomic mass is 19.1. The van der Waals surface area contributed by atoms with Crippen molar-refractivity contribution >= 4 is 5.97 Å². The molecule has 0 saturated carbocycles. The van der Waals surface area contributed by atoms with Crippen LogP contribution in [0, 0.1) is 11.6 Å². The highest BCUT2D eigenvalue weighted by Crippen LogP contribution is 2.14. The Hall–Kier alpha value is -2.31. The van der Waals surface area contributed by atoms with Gasteiger partial charge in [0.25, 0.3) is 0 Å². The number of rotatable bonds is 6. The third-order valence-corrected chi connectivity index (χ3v) is 2.77. The lowest BCUT2D eigenvalue weighted by atomic mass is 10.1. The molecule has 0 unspecified atom stereocenters. The normalized spacial score (nSPS) is 10.7. The number of aliphatic carboxylic acids is 1. The molecule has 20 heavy (non-hydrogen) atoms. The summed E-state index contributed by atoms with van der Waals surface area (Å²) in [5.41, 5.74) is 0.759. The summed E-state index contributed by atoms with van der Waals surface area (Å²) in [6, 6.07) is 3.21. The van der Waals surface area contributed by atoms with Gasteiger partial charge in [0.05, 0.1) is 11.9 Å². The van der Waals surface area contributed by atoms with E-state index in [2.05, 4.69) is 10.3 Å². The van der Waals surface area contributed by atoms with Crippen LogP contribution >= 0.6 is 0 Å². The first-order valence-electron chi connectivity index (χ1n) is 6.14. The van der Waals surface area contributed by atoms with Gasteiger partial charge >= 0.3 is 5.97 Å². The molecule has 0 aliphatic rings. The second-order valence-corrected chi connectivity index (χ2v) is 4.35. The molecule has 0 saturated heterocycles. The molecule has 106 valence electrons. The van der Waals surface area contributed by atoms with E-state index < -0.39 is 17.6 Å². The summed E-state index contributed by atoms with van der Waals surface area (Å²) in [6.07, 6.45) is 3.44. The second-order valence-electron chi connectivity index (χ2n) is 4.35. The molecular weight excluding hydrogens is 268 g/mol. The van der Waals surface area contributed by atoms with Gasteiger partial charge in [0.15, 0.2) is 5.82 Å². The topological polar surface area (TPSA) is 68.0 Å².